The summed E-state index contributed by atoms with van der Waals surface area (Å²) < 4.78 is 0. The van der Waals surface area contributed by atoms with Gasteiger partial charge >= 0.3 is 0 Å². The van der Waals surface area contributed by atoms with Crippen LogP contribution in [-0.2, 0) is 6.54 Å². The van der Waals surface area contributed by atoms with Crippen molar-refractivity contribution in [3.63, 3.8) is 0 Å². The summed E-state index contributed by atoms with van der Waals surface area (Å²) in [6.45, 7) is 5.18. The molecule has 1 saturated carbocycles. The Morgan fingerprint density at radius 1 is 1.33 bits per heavy atom. The van der Waals surface area contributed by atoms with Gasteiger partial charge in [-0.15, -0.1) is 11.3 Å². The molecule has 112 valence electrons. The van der Waals surface area contributed by atoms with Crippen molar-refractivity contribution in [1.29, 1.82) is 0 Å². The van der Waals surface area contributed by atoms with Crippen LogP contribution in [0.25, 0.3) is 10.6 Å². The second-order valence-corrected chi connectivity index (χ2v) is 7.32. The van der Waals surface area contributed by atoms with Crippen LogP contribution in [0.1, 0.15) is 30.2 Å². The third kappa shape index (κ3) is 3.34. The van der Waals surface area contributed by atoms with Crippen molar-refractivity contribution >= 4 is 11.3 Å². The summed E-state index contributed by atoms with van der Waals surface area (Å²) in [5.74, 6) is 0.618. The van der Waals surface area contributed by atoms with Crippen LogP contribution in [0, 0.1) is 12.8 Å². The number of nitrogens with one attached hydrogen (secondary N) is 1. The quantitative estimate of drug-likeness (QED) is 0.860. The van der Waals surface area contributed by atoms with Gasteiger partial charge < -0.3 is 10.4 Å². The summed E-state index contributed by atoms with van der Waals surface area (Å²) in [7, 11) is 0. The summed E-state index contributed by atoms with van der Waals surface area (Å²) in [4.78, 5) is 5.73. The predicted octanol–water partition coefficient (Wildman–Crippen LogP) is 3.37. The molecule has 1 aromatic heterocycles. The van der Waals surface area contributed by atoms with Gasteiger partial charge in [0, 0.05) is 28.7 Å². The monoisotopic (exact) mass is 302 g/mol. The minimum absolute atomic E-state index is 0.145. The summed E-state index contributed by atoms with van der Waals surface area (Å²) in [5.41, 5.74) is 2.29. The SMILES string of the molecule is Cc1ccc(-c2ncc(CNC(C)(CO)C3CC3)s2)cc1. The first kappa shape index (κ1) is 14.7. The molecule has 0 spiro atoms. The molecule has 1 heterocycles. The van der Waals surface area contributed by atoms with Crippen molar-refractivity contribution in [2.75, 3.05) is 6.61 Å². The minimum Gasteiger partial charge on any atom is -0.394 e. The Morgan fingerprint density at radius 3 is 2.67 bits per heavy atom. The number of hydrogen-bond acceptors (Lipinski definition) is 4. The fourth-order valence-corrected chi connectivity index (χ4v) is 3.42. The molecule has 0 saturated heterocycles. The van der Waals surface area contributed by atoms with E-state index in [1.165, 1.54) is 28.8 Å². The molecule has 0 bridgehead atoms. The van der Waals surface area contributed by atoms with E-state index in [1.54, 1.807) is 11.3 Å². The lowest BCUT2D eigenvalue weighted by Gasteiger charge is -2.28. The van der Waals surface area contributed by atoms with Gasteiger partial charge in [-0.25, -0.2) is 4.98 Å². The van der Waals surface area contributed by atoms with Crippen LogP contribution in [-0.4, -0.2) is 22.2 Å². The molecule has 2 aromatic rings. The molecular formula is C17H22N2OS. The van der Waals surface area contributed by atoms with E-state index in [1.807, 2.05) is 6.20 Å². The lowest BCUT2D eigenvalue weighted by Crippen LogP contribution is -2.47. The van der Waals surface area contributed by atoms with Crippen molar-refractivity contribution in [3.8, 4) is 10.6 Å². The molecule has 1 aliphatic rings. The number of thiazole rings is 1. The van der Waals surface area contributed by atoms with Crippen LogP contribution in [0.2, 0.25) is 0 Å². The fourth-order valence-electron chi connectivity index (χ4n) is 2.56. The highest BCUT2D eigenvalue weighted by Gasteiger charge is 2.40. The number of aryl methyl sites for hydroxylation is 1. The van der Waals surface area contributed by atoms with Gasteiger partial charge in [-0.05, 0) is 32.6 Å². The van der Waals surface area contributed by atoms with Crippen LogP contribution in [0.3, 0.4) is 0 Å². The van der Waals surface area contributed by atoms with Crippen molar-refractivity contribution in [2.24, 2.45) is 5.92 Å². The number of aliphatic hydroxyl groups excluding tert-OH is 1. The summed E-state index contributed by atoms with van der Waals surface area (Å²) in [6.07, 6.45) is 4.39. The maximum Gasteiger partial charge on any atom is 0.123 e. The zero-order valence-corrected chi connectivity index (χ0v) is 13.4. The highest BCUT2D eigenvalue weighted by molar-refractivity contribution is 7.15. The van der Waals surface area contributed by atoms with E-state index in [-0.39, 0.29) is 12.1 Å². The molecule has 3 nitrogen and oxygen atoms in total. The Morgan fingerprint density at radius 2 is 2.05 bits per heavy atom. The zero-order valence-electron chi connectivity index (χ0n) is 12.6. The van der Waals surface area contributed by atoms with Crippen molar-refractivity contribution in [3.05, 3.63) is 40.9 Å². The largest absolute Gasteiger partial charge is 0.394 e. The topological polar surface area (TPSA) is 45.2 Å². The number of nitrogens with zero attached hydrogens (tertiary/aromatic N) is 1. The molecule has 3 rings (SSSR count). The number of benzene rings is 1. The molecule has 1 aromatic carbocycles. The second kappa shape index (κ2) is 5.87. The molecule has 0 aliphatic heterocycles. The van der Waals surface area contributed by atoms with Crippen LogP contribution in [0.4, 0.5) is 0 Å². The van der Waals surface area contributed by atoms with E-state index in [9.17, 15) is 5.11 Å². The Hall–Kier alpha value is -1.23. The van der Waals surface area contributed by atoms with E-state index < -0.39 is 0 Å². The Bertz CT molecular complexity index is 604. The van der Waals surface area contributed by atoms with Crippen molar-refractivity contribution < 1.29 is 5.11 Å². The molecule has 21 heavy (non-hydrogen) atoms. The average molecular weight is 302 g/mol. The van der Waals surface area contributed by atoms with Gasteiger partial charge in [0.15, 0.2) is 0 Å². The molecule has 1 unspecified atom stereocenters. The molecule has 0 radical (unpaired) electrons. The smallest absolute Gasteiger partial charge is 0.123 e. The molecule has 0 amide bonds. The highest BCUT2D eigenvalue weighted by atomic mass is 32.1. The maximum absolute atomic E-state index is 9.61. The summed E-state index contributed by atoms with van der Waals surface area (Å²) in [6, 6.07) is 8.47. The van der Waals surface area contributed by atoms with Gasteiger partial charge in [-0.2, -0.15) is 0 Å². The molecule has 2 N–H and O–H groups in total. The number of aromatic nitrogens is 1. The molecule has 1 aliphatic carbocycles. The normalized spacial score (nSPS) is 17.7. The first-order chi connectivity index (χ1) is 10.1. The Kier molecular flexibility index (Phi) is 4.11. The van der Waals surface area contributed by atoms with Crippen molar-refractivity contribution in [1.82, 2.24) is 10.3 Å². The van der Waals surface area contributed by atoms with E-state index >= 15 is 0 Å². The van der Waals surface area contributed by atoms with Gasteiger partial charge in [0.1, 0.15) is 5.01 Å². The molecule has 1 atom stereocenters. The van der Waals surface area contributed by atoms with Gasteiger partial charge in [-0.1, -0.05) is 29.8 Å². The standard InChI is InChI=1S/C17H22N2OS/c1-12-3-5-13(6-4-12)16-18-9-15(21-16)10-19-17(2,11-20)14-7-8-14/h3-6,9,14,19-20H,7-8,10-11H2,1-2H3. The Balaban J connectivity index is 1.66. The fraction of sp³-hybridized carbons (Fsp3) is 0.471. The molecule has 4 heteroatoms. The van der Waals surface area contributed by atoms with E-state index in [0.29, 0.717) is 5.92 Å². The summed E-state index contributed by atoms with van der Waals surface area (Å²) >= 11 is 1.72. The lowest BCUT2D eigenvalue weighted by atomic mass is 9.97. The zero-order chi connectivity index (χ0) is 14.9. The number of aliphatic hydroxyl groups is 1. The van der Waals surface area contributed by atoms with Gasteiger partial charge in [-0.3, -0.25) is 0 Å². The van der Waals surface area contributed by atoms with Gasteiger partial charge in [0.25, 0.3) is 0 Å². The van der Waals surface area contributed by atoms with Crippen LogP contribution in [0.5, 0.6) is 0 Å². The van der Waals surface area contributed by atoms with Gasteiger partial charge in [0.2, 0.25) is 0 Å². The molecule has 1 fully saturated rings. The average Bonchev–Trinajstić information content (AvgIpc) is 3.25. The van der Waals surface area contributed by atoms with E-state index in [4.69, 9.17) is 0 Å². The first-order valence-electron chi connectivity index (χ1n) is 7.48. The van der Waals surface area contributed by atoms with Crippen LogP contribution in [0.15, 0.2) is 30.5 Å². The maximum atomic E-state index is 9.61. The minimum atomic E-state index is -0.145. The van der Waals surface area contributed by atoms with Crippen LogP contribution < -0.4 is 5.32 Å². The third-order valence-electron chi connectivity index (χ3n) is 4.33. The van der Waals surface area contributed by atoms with Crippen LogP contribution >= 0.6 is 11.3 Å². The highest BCUT2D eigenvalue weighted by Crippen LogP contribution is 2.39. The lowest BCUT2D eigenvalue weighted by molar-refractivity contribution is 0.154. The van der Waals surface area contributed by atoms with E-state index in [0.717, 1.165) is 11.6 Å². The first-order valence-corrected chi connectivity index (χ1v) is 8.30. The molecular weight excluding hydrogens is 280 g/mol. The second-order valence-electron chi connectivity index (χ2n) is 6.20. The van der Waals surface area contributed by atoms with Crippen molar-refractivity contribution in [2.45, 2.75) is 38.8 Å². The number of rotatable bonds is 6. The third-order valence-corrected chi connectivity index (χ3v) is 5.37. The van der Waals surface area contributed by atoms with E-state index in [2.05, 4.69) is 48.4 Å². The Labute approximate surface area is 130 Å². The predicted molar refractivity (Wildman–Crippen MR) is 87.3 cm³/mol. The summed E-state index contributed by atoms with van der Waals surface area (Å²) in [5, 5.41) is 14.2. The number of hydrogen-bond donors (Lipinski definition) is 2. The van der Waals surface area contributed by atoms with Gasteiger partial charge in [0.05, 0.1) is 6.61 Å².